The van der Waals surface area contributed by atoms with Crippen LogP contribution in [0.5, 0.6) is 0 Å². The van der Waals surface area contributed by atoms with Gasteiger partial charge in [-0.05, 0) is 83.4 Å². The van der Waals surface area contributed by atoms with E-state index in [1.165, 1.54) is 10.8 Å². The molecule has 5 heteroatoms. The van der Waals surface area contributed by atoms with Crippen molar-refractivity contribution in [1.82, 2.24) is 9.13 Å². The summed E-state index contributed by atoms with van der Waals surface area (Å²) in [5.74, 6) is 0. The molecule has 0 radical (unpaired) electrons. The fourth-order valence-electron chi connectivity index (χ4n) is 7.45. The minimum atomic E-state index is 0.545. The normalized spacial score (nSPS) is 11.1. The molecule has 0 atom stereocenters. The third kappa shape index (κ3) is 4.31. The standard InChI is InChI=1S/C45H25N5/c1-48-39-22-21-33(49-41-17-6-3-14-35(41)36-15-4-7-18-42(36)49)26-37(39)31-11-8-10-30(25-31)34-13-2-5-16-40(34)50-43-23-20-29(27-46)24-38(43)45-32(28-47)12-9-19-44(45)50/h2-26H. The monoisotopic (exact) mass is 635 g/mol. The second-order valence-electron chi connectivity index (χ2n) is 12.3. The lowest BCUT2D eigenvalue weighted by Gasteiger charge is -2.16. The summed E-state index contributed by atoms with van der Waals surface area (Å²) >= 11 is 0. The number of hydrogen-bond acceptors (Lipinski definition) is 2. The summed E-state index contributed by atoms with van der Waals surface area (Å²) in [6, 6.07) is 55.6. The van der Waals surface area contributed by atoms with Gasteiger partial charge in [0.15, 0.2) is 5.69 Å². The van der Waals surface area contributed by atoms with E-state index in [2.05, 4.69) is 111 Å². The lowest BCUT2D eigenvalue weighted by atomic mass is 9.96. The van der Waals surface area contributed by atoms with Gasteiger partial charge in [0.25, 0.3) is 0 Å². The van der Waals surface area contributed by atoms with E-state index in [0.717, 1.165) is 66.5 Å². The van der Waals surface area contributed by atoms with Gasteiger partial charge < -0.3 is 9.13 Å². The maximum atomic E-state index is 10.1. The second kappa shape index (κ2) is 11.4. The van der Waals surface area contributed by atoms with Crippen LogP contribution >= 0.6 is 0 Å². The minimum Gasteiger partial charge on any atom is -0.309 e. The molecule has 9 aromatic rings. The van der Waals surface area contributed by atoms with Gasteiger partial charge in [0, 0.05) is 32.8 Å². The summed E-state index contributed by atoms with van der Waals surface area (Å²) in [4.78, 5) is 3.94. The van der Waals surface area contributed by atoms with Gasteiger partial charge in [-0.25, -0.2) is 4.85 Å². The molecule has 2 heterocycles. The number of aromatic nitrogens is 2. The number of fused-ring (bicyclic) bond motifs is 6. The van der Waals surface area contributed by atoms with Crippen LogP contribution < -0.4 is 0 Å². The van der Waals surface area contributed by atoms with Crippen molar-refractivity contribution in [3.05, 3.63) is 174 Å². The van der Waals surface area contributed by atoms with E-state index in [0.29, 0.717) is 16.8 Å². The molecular formula is C45H25N5. The molecule has 230 valence electrons. The zero-order chi connectivity index (χ0) is 33.8. The maximum Gasteiger partial charge on any atom is 0.195 e. The van der Waals surface area contributed by atoms with Crippen molar-refractivity contribution in [1.29, 1.82) is 10.5 Å². The molecule has 7 aromatic carbocycles. The Balaban J connectivity index is 1.24. The number of para-hydroxylation sites is 3. The summed E-state index contributed by atoms with van der Waals surface area (Å²) in [6.45, 7) is 8.08. The molecule has 0 saturated heterocycles. The van der Waals surface area contributed by atoms with Gasteiger partial charge in [0.2, 0.25) is 0 Å². The third-order valence-corrected chi connectivity index (χ3v) is 9.61. The summed E-state index contributed by atoms with van der Waals surface area (Å²) in [5.41, 5.74) is 11.5. The Bertz CT molecular complexity index is 2920. The van der Waals surface area contributed by atoms with Gasteiger partial charge >= 0.3 is 0 Å². The van der Waals surface area contributed by atoms with Gasteiger partial charge in [-0.3, -0.25) is 0 Å². The molecule has 5 nitrogen and oxygen atoms in total. The van der Waals surface area contributed by atoms with Crippen LogP contribution in [-0.2, 0) is 0 Å². The largest absolute Gasteiger partial charge is 0.309 e. The molecule has 0 aliphatic heterocycles. The molecule has 50 heavy (non-hydrogen) atoms. The molecule has 0 fully saturated rings. The summed E-state index contributed by atoms with van der Waals surface area (Å²) in [6.07, 6.45) is 0. The molecule has 0 N–H and O–H groups in total. The van der Waals surface area contributed by atoms with Crippen LogP contribution in [0, 0.1) is 29.2 Å². The second-order valence-corrected chi connectivity index (χ2v) is 12.3. The van der Waals surface area contributed by atoms with E-state index >= 15 is 0 Å². The molecule has 0 amide bonds. The summed E-state index contributed by atoms with van der Waals surface area (Å²) in [7, 11) is 0. The van der Waals surface area contributed by atoms with Gasteiger partial charge in [-0.15, -0.1) is 0 Å². The first-order valence-electron chi connectivity index (χ1n) is 16.3. The smallest absolute Gasteiger partial charge is 0.195 e. The Kier molecular flexibility index (Phi) is 6.56. The van der Waals surface area contributed by atoms with Crippen LogP contribution in [0.25, 0.3) is 82.1 Å². The predicted molar refractivity (Wildman–Crippen MR) is 202 cm³/mol. The molecular weight excluding hydrogens is 611 g/mol. The molecule has 0 aliphatic rings. The van der Waals surface area contributed by atoms with Crippen molar-refractivity contribution < 1.29 is 0 Å². The van der Waals surface area contributed by atoms with Gasteiger partial charge in [0.1, 0.15) is 0 Å². The molecule has 0 unspecified atom stereocenters. The Morgan fingerprint density at radius 3 is 1.90 bits per heavy atom. The first-order valence-corrected chi connectivity index (χ1v) is 16.3. The SMILES string of the molecule is [C-]#[N+]c1ccc(-n2c3ccccc3c3ccccc32)cc1-c1cccc(-c2ccccc2-n2c3ccc(C#N)cc3c3c(C#N)cccc32)c1. The van der Waals surface area contributed by atoms with E-state index in [1.54, 1.807) is 0 Å². The zero-order valence-corrected chi connectivity index (χ0v) is 26.7. The van der Waals surface area contributed by atoms with Crippen LogP contribution in [0.4, 0.5) is 5.69 Å². The fraction of sp³-hybridized carbons (Fsp3) is 0. The van der Waals surface area contributed by atoms with Crippen molar-refractivity contribution in [2.45, 2.75) is 0 Å². The first kappa shape index (κ1) is 28.8. The van der Waals surface area contributed by atoms with Crippen molar-refractivity contribution in [2.24, 2.45) is 0 Å². The van der Waals surface area contributed by atoms with E-state index in [-0.39, 0.29) is 0 Å². The van der Waals surface area contributed by atoms with Crippen molar-refractivity contribution in [3.63, 3.8) is 0 Å². The number of benzene rings is 7. The number of rotatable bonds is 4. The molecule has 0 aliphatic carbocycles. The Morgan fingerprint density at radius 2 is 1.16 bits per heavy atom. The Morgan fingerprint density at radius 1 is 0.500 bits per heavy atom. The van der Waals surface area contributed by atoms with Crippen LogP contribution in [0.2, 0.25) is 0 Å². The molecule has 0 bridgehead atoms. The molecule has 0 spiro atoms. The van der Waals surface area contributed by atoms with Gasteiger partial charge in [0.05, 0.1) is 57.6 Å². The van der Waals surface area contributed by atoms with E-state index < -0.39 is 0 Å². The Labute approximate surface area is 288 Å². The highest BCUT2D eigenvalue weighted by Crippen LogP contribution is 2.41. The van der Waals surface area contributed by atoms with Crippen LogP contribution in [0.1, 0.15) is 11.1 Å². The van der Waals surface area contributed by atoms with Crippen molar-refractivity contribution in [3.8, 4) is 45.8 Å². The summed E-state index contributed by atoms with van der Waals surface area (Å²) < 4.78 is 4.46. The highest BCUT2D eigenvalue weighted by Gasteiger charge is 2.19. The molecule has 9 rings (SSSR count). The molecule has 2 aromatic heterocycles. The van der Waals surface area contributed by atoms with E-state index in [1.807, 2.05) is 66.7 Å². The van der Waals surface area contributed by atoms with Gasteiger partial charge in [-0.1, -0.05) is 84.9 Å². The van der Waals surface area contributed by atoms with Gasteiger partial charge in [-0.2, -0.15) is 10.5 Å². The average molecular weight is 636 g/mol. The van der Waals surface area contributed by atoms with E-state index in [9.17, 15) is 10.5 Å². The topological polar surface area (TPSA) is 61.8 Å². The number of nitrogens with zero attached hydrogens (tertiary/aromatic N) is 5. The summed E-state index contributed by atoms with van der Waals surface area (Å²) in [5, 5.41) is 23.8. The average Bonchev–Trinajstić information content (AvgIpc) is 3.70. The maximum absolute atomic E-state index is 10.1. The third-order valence-electron chi connectivity index (χ3n) is 9.61. The fourth-order valence-corrected chi connectivity index (χ4v) is 7.45. The lowest BCUT2D eigenvalue weighted by Crippen LogP contribution is -1.97. The minimum absolute atomic E-state index is 0.545. The van der Waals surface area contributed by atoms with Crippen molar-refractivity contribution >= 4 is 49.3 Å². The first-order chi connectivity index (χ1) is 24.7. The van der Waals surface area contributed by atoms with Crippen molar-refractivity contribution in [2.75, 3.05) is 0 Å². The van der Waals surface area contributed by atoms with Crippen LogP contribution in [0.15, 0.2) is 152 Å². The molecule has 0 saturated carbocycles. The lowest BCUT2D eigenvalue weighted by molar-refractivity contribution is 1.18. The predicted octanol–water partition coefficient (Wildman–Crippen LogP) is 11.5. The highest BCUT2D eigenvalue weighted by molar-refractivity contribution is 6.13. The zero-order valence-electron chi connectivity index (χ0n) is 26.7. The van der Waals surface area contributed by atoms with Crippen LogP contribution in [0.3, 0.4) is 0 Å². The van der Waals surface area contributed by atoms with E-state index in [4.69, 9.17) is 6.57 Å². The van der Waals surface area contributed by atoms with Crippen LogP contribution in [-0.4, -0.2) is 9.13 Å². The quantitative estimate of drug-likeness (QED) is 0.181. The highest BCUT2D eigenvalue weighted by atomic mass is 15.0. The number of hydrogen-bond donors (Lipinski definition) is 0. The number of nitriles is 2. The Hall–Kier alpha value is -7.39.